The molecule has 0 saturated heterocycles. The third-order valence-corrected chi connectivity index (χ3v) is 4.20. The molecule has 0 aliphatic rings. The Morgan fingerprint density at radius 2 is 2.24 bits per heavy atom. The molecule has 8 heteroatoms. The lowest BCUT2D eigenvalue weighted by Gasteiger charge is -2.21. The quantitative estimate of drug-likeness (QED) is 0.583. The highest BCUT2D eigenvalue weighted by Gasteiger charge is 2.21. The van der Waals surface area contributed by atoms with Gasteiger partial charge in [0.05, 0.1) is 30.3 Å². The number of amides is 1. The van der Waals surface area contributed by atoms with Gasteiger partial charge in [-0.2, -0.15) is 11.8 Å². The van der Waals surface area contributed by atoms with Crippen LogP contribution in [-0.2, 0) is 0 Å². The van der Waals surface area contributed by atoms with Crippen LogP contribution in [0.5, 0.6) is 5.75 Å². The minimum Gasteiger partial charge on any atom is -0.496 e. The van der Waals surface area contributed by atoms with Crippen molar-refractivity contribution in [3.63, 3.8) is 0 Å². The first-order valence-electron chi connectivity index (χ1n) is 6.21. The average molecular weight is 314 g/mol. The van der Waals surface area contributed by atoms with Crippen LogP contribution < -0.4 is 10.1 Å². The molecule has 0 bridgehead atoms. The molecule has 0 spiro atoms. The molecule has 21 heavy (non-hydrogen) atoms. The van der Waals surface area contributed by atoms with Gasteiger partial charge < -0.3 is 15.2 Å². The van der Waals surface area contributed by atoms with Gasteiger partial charge in [0.2, 0.25) is 0 Å². The monoisotopic (exact) mass is 314 g/mol. The van der Waals surface area contributed by atoms with Crippen molar-refractivity contribution in [2.24, 2.45) is 0 Å². The molecular weight excluding hydrogens is 296 g/mol. The predicted molar refractivity (Wildman–Crippen MR) is 81.0 cm³/mol. The zero-order chi connectivity index (χ0) is 16.0. The molecule has 0 heterocycles. The van der Waals surface area contributed by atoms with Crippen molar-refractivity contribution in [2.75, 3.05) is 20.0 Å². The van der Waals surface area contributed by atoms with Crippen LogP contribution >= 0.6 is 11.8 Å². The van der Waals surface area contributed by atoms with Crippen molar-refractivity contribution in [1.82, 2.24) is 5.32 Å². The van der Waals surface area contributed by atoms with E-state index in [0.29, 0.717) is 0 Å². The minimum atomic E-state index is -0.553. The van der Waals surface area contributed by atoms with Gasteiger partial charge >= 0.3 is 0 Å². The number of ether oxygens (including phenoxy) is 1. The Balaban J connectivity index is 2.94. The fourth-order valence-electron chi connectivity index (χ4n) is 1.80. The molecule has 0 fully saturated rings. The summed E-state index contributed by atoms with van der Waals surface area (Å²) in [4.78, 5) is 22.4. The number of non-ortho nitro benzene ring substituents is 1. The highest BCUT2D eigenvalue weighted by atomic mass is 32.2. The fraction of sp³-hybridized carbons (Fsp3) is 0.462. The molecule has 1 aromatic rings. The highest BCUT2D eigenvalue weighted by Crippen LogP contribution is 2.24. The van der Waals surface area contributed by atoms with E-state index >= 15 is 0 Å². The van der Waals surface area contributed by atoms with Crippen LogP contribution in [0.25, 0.3) is 0 Å². The number of carbonyl (C=O) groups excluding carboxylic acids is 1. The van der Waals surface area contributed by atoms with E-state index in [4.69, 9.17) is 4.74 Å². The van der Waals surface area contributed by atoms with Gasteiger partial charge in [0.15, 0.2) is 0 Å². The Hall–Kier alpha value is -1.80. The molecule has 7 nitrogen and oxygen atoms in total. The van der Waals surface area contributed by atoms with Gasteiger partial charge in [-0.05, 0) is 19.2 Å². The van der Waals surface area contributed by atoms with Gasteiger partial charge in [0, 0.05) is 17.4 Å². The number of hydrogen-bond acceptors (Lipinski definition) is 6. The predicted octanol–water partition coefficient (Wildman–Crippen LogP) is 1.45. The molecule has 1 amide bonds. The third kappa shape index (κ3) is 4.33. The third-order valence-electron chi connectivity index (χ3n) is 3.04. The highest BCUT2D eigenvalue weighted by molar-refractivity contribution is 7.99. The minimum absolute atomic E-state index is 0.0555. The molecular formula is C13H18N2O5S. The zero-order valence-corrected chi connectivity index (χ0v) is 12.8. The Morgan fingerprint density at radius 3 is 2.71 bits per heavy atom. The Kier molecular flexibility index (Phi) is 6.44. The van der Waals surface area contributed by atoms with Gasteiger partial charge in [-0.25, -0.2) is 0 Å². The van der Waals surface area contributed by atoms with Crippen molar-refractivity contribution >= 4 is 23.4 Å². The number of nitro benzene ring substituents is 1. The molecule has 2 unspecified atom stereocenters. The number of hydrogen-bond donors (Lipinski definition) is 2. The summed E-state index contributed by atoms with van der Waals surface area (Å²) < 4.78 is 5.03. The average Bonchev–Trinajstić information content (AvgIpc) is 2.47. The van der Waals surface area contributed by atoms with Crippen molar-refractivity contribution < 1.29 is 19.6 Å². The number of aliphatic hydroxyl groups is 1. The van der Waals surface area contributed by atoms with Crippen molar-refractivity contribution in [1.29, 1.82) is 0 Å². The summed E-state index contributed by atoms with van der Waals surface area (Å²) >= 11 is 1.45. The summed E-state index contributed by atoms with van der Waals surface area (Å²) in [5, 5.41) is 22.5. The zero-order valence-electron chi connectivity index (χ0n) is 12.0. The van der Waals surface area contributed by atoms with E-state index in [1.165, 1.54) is 37.1 Å². The Bertz CT molecular complexity index is 519. The molecule has 0 aromatic heterocycles. The van der Waals surface area contributed by atoms with Gasteiger partial charge in [-0.15, -0.1) is 0 Å². The second kappa shape index (κ2) is 7.84. The maximum Gasteiger partial charge on any atom is 0.273 e. The summed E-state index contributed by atoms with van der Waals surface area (Å²) in [6, 6.07) is 3.56. The summed E-state index contributed by atoms with van der Waals surface area (Å²) in [5.74, 6) is -0.264. The van der Waals surface area contributed by atoms with Gasteiger partial charge in [0.25, 0.3) is 11.6 Å². The van der Waals surface area contributed by atoms with Gasteiger partial charge in [-0.3, -0.25) is 14.9 Å². The van der Waals surface area contributed by atoms with Crippen molar-refractivity contribution in [2.45, 2.75) is 18.2 Å². The Labute approximate surface area is 126 Å². The maximum absolute atomic E-state index is 12.2. The summed E-state index contributed by atoms with van der Waals surface area (Å²) in [6.07, 6.45) is 1.84. The summed E-state index contributed by atoms with van der Waals surface area (Å²) in [7, 11) is 1.34. The first kappa shape index (κ1) is 17.3. The number of nitro groups is 1. The molecule has 1 aromatic carbocycles. The molecule has 1 rings (SSSR count). The van der Waals surface area contributed by atoms with E-state index in [0.717, 1.165) is 0 Å². The van der Waals surface area contributed by atoms with Crippen LogP contribution in [-0.4, -0.2) is 47.2 Å². The summed E-state index contributed by atoms with van der Waals surface area (Å²) in [5.41, 5.74) is 0.0709. The van der Waals surface area contributed by atoms with E-state index < -0.39 is 10.8 Å². The Morgan fingerprint density at radius 1 is 1.57 bits per heavy atom. The van der Waals surface area contributed by atoms with Crippen LogP contribution in [0.15, 0.2) is 18.2 Å². The number of methoxy groups -OCH3 is 1. The van der Waals surface area contributed by atoms with E-state index in [1.54, 1.807) is 6.92 Å². The van der Waals surface area contributed by atoms with Gasteiger partial charge in [0.1, 0.15) is 5.75 Å². The standard InChI is InChI=1S/C13H18N2O5S/c1-8(12(7-16)21-3)14-13(17)10-5-4-9(15(18)19)6-11(10)20-2/h4-6,8,12,16H,7H2,1-3H3,(H,14,17). The largest absolute Gasteiger partial charge is 0.496 e. The second-order valence-corrected chi connectivity index (χ2v) is 5.44. The number of nitrogens with one attached hydrogen (secondary N) is 1. The molecule has 0 aliphatic heterocycles. The molecule has 116 valence electrons. The topological polar surface area (TPSA) is 102 Å². The second-order valence-electron chi connectivity index (χ2n) is 4.36. The van der Waals surface area contributed by atoms with Crippen LogP contribution in [0.4, 0.5) is 5.69 Å². The number of nitrogens with zero attached hydrogens (tertiary/aromatic N) is 1. The molecule has 0 saturated carbocycles. The van der Waals surface area contributed by atoms with Crippen molar-refractivity contribution in [3.8, 4) is 5.75 Å². The SMILES string of the molecule is COc1cc([N+](=O)[O-])ccc1C(=O)NC(C)C(CO)SC. The van der Waals surface area contributed by atoms with E-state index in [1.807, 2.05) is 6.26 Å². The molecule has 0 aliphatic carbocycles. The first-order valence-corrected chi connectivity index (χ1v) is 7.50. The molecule has 0 radical (unpaired) electrons. The number of thioether (sulfide) groups is 1. The van der Waals surface area contributed by atoms with Crippen LogP contribution in [0.3, 0.4) is 0 Å². The lowest BCUT2D eigenvalue weighted by atomic mass is 10.1. The lowest BCUT2D eigenvalue weighted by Crippen LogP contribution is -2.41. The van der Waals surface area contributed by atoms with E-state index in [9.17, 15) is 20.0 Å². The van der Waals surface area contributed by atoms with Crippen LogP contribution in [0.2, 0.25) is 0 Å². The first-order chi connectivity index (χ1) is 9.94. The summed E-state index contributed by atoms with van der Waals surface area (Å²) in [6.45, 7) is 1.73. The number of aliphatic hydroxyl groups excluding tert-OH is 1. The van der Waals surface area contributed by atoms with Gasteiger partial charge in [-0.1, -0.05) is 0 Å². The number of carbonyl (C=O) groups is 1. The molecule has 2 N–H and O–H groups in total. The number of rotatable bonds is 7. The smallest absolute Gasteiger partial charge is 0.273 e. The van der Waals surface area contributed by atoms with Crippen LogP contribution in [0.1, 0.15) is 17.3 Å². The number of benzene rings is 1. The normalized spacial score (nSPS) is 13.3. The van der Waals surface area contributed by atoms with Crippen LogP contribution in [0, 0.1) is 10.1 Å². The molecule has 2 atom stereocenters. The van der Waals surface area contributed by atoms with E-state index in [-0.39, 0.29) is 34.9 Å². The maximum atomic E-state index is 12.2. The van der Waals surface area contributed by atoms with Crippen molar-refractivity contribution in [3.05, 3.63) is 33.9 Å². The lowest BCUT2D eigenvalue weighted by molar-refractivity contribution is -0.384. The fourth-order valence-corrected chi connectivity index (χ4v) is 2.42. The van der Waals surface area contributed by atoms with E-state index in [2.05, 4.69) is 5.32 Å².